The molecule has 1 aliphatic rings. The Morgan fingerprint density at radius 2 is 1.93 bits per heavy atom. The van der Waals surface area contributed by atoms with Crippen LogP contribution in [0, 0.1) is 5.82 Å². The molecule has 3 aromatic rings. The first-order chi connectivity index (χ1) is 14.1. The van der Waals surface area contributed by atoms with Gasteiger partial charge in [0.2, 0.25) is 0 Å². The van der Waals surface area contributed by atoms with E-state index in [1.54, 1.807) is 16.8 Å². The molecule has 1 fully saturated rings. The number of ether oxygens (including phenoxy) is 1. The Bertz CT molecular complexity index is 1060. The summed E-state index contributed by atoms with van der Waals surface area (Å²) >= 11 is 6.29. The second-order valence-electron chi connectivity index (χ2n) is 8.24. The van der Waals surface area contributed by atoms with Gasteiger partial charge >= 0.3 is 7.12 Å². The van der Waals surface area contributed by atoms with Crippen molar-refractivity contribution in [2.75, 3.05) is 6.61 Å². The van der Waals surface area contributed by atoms with E-state index >= 15 is 0 Å². The average Bonchev–Trinajstić information content (AvgIpc) is 3.16. The maximum Gasteiger partial charge on any atom is 0.496 e. The summed E-state index contributed by atoms with van der Waals surface area (Å²) in [7, 11) is -0.617. The van der Waals surface area contributed by atoms with Crippen LogP contribution in [0.4, 0.5) is 4.39 Å². The van der Waals surface area contributed by atoms with Gasteiger partial charge in [-0.05, 0) is 45.9 Å². The molecule has 10 heteroatoms. The number of fused-ring (bicyclic) bond motifs is 1. The minimum Gasteiger partial charge on any atom is -0.488 e. The summed E-state index contributed by atoms with van der Waals surface area (Å²) in [5.74, 6) is -0.0689. The monoisotopic (exact) mass is 433 g/mol. The number of hydrogen-bond acceptors (Lipinski definition) is 6. The predicted molar refractivity (Wildman–Crippen MR) is 111 cm³/mol. The molecule has 0 saturated carbocycles. The van der Waals surface area contributed by atoms with E-state index in [1.165, 1.54) is 18.3 Å². The van der Waals surface area contributed by atoms with Crippen LogP contribution in [-0.4, -0.2) is 44.6 Å². The van der Waals surface area contributed by atoms with Gasteiger partial charge in [-0.2, -0.15) is 5.10 Å². The molecule has 4 rings (SSSR count). The highest BCUT2D eigenvalue weighted by Gasteiger charge is 2.52. The molecule has 0 aliphatic carbocycles. The third-order valence-electron chi connectivity index (χ3n) is 5.57. The normalized spacial score (nSPS) is 18.7. The SMILES string of the molecule is CC1(C)OB(c2cc(OCC(O)c3ccc(F)cn3)c3c(Cl)cnn3c2)OC1(C)C. The summed E-state index contributed by atoms with van der Waals surface area (Å²) < 4.78 is 32.8. The van der Waals surface area contributed by atoms with Crippen LogP contribution >= 0.6 is 11.6 Å². The van der Waals surface area contributed by atoms with Gasteiger partial charge in [0.05, 0.1) is 34.3 Å². The number of rotatable bonds is 5. The third kappa shape index (κ3) is 3.78. The van der Waals surface area contributed by atoms with Crippen molar-refractivity contribution in [1.29, 1.82) is 0 Å². The van der Waals surface area contributed by atoms with E-state index in [4.69, 9.17) is 25.6 Å². The van der Waals surface area contributed by atoms with Crippen molar-refractivity contribution < 1.29 is 23.5 Å². The second kappa shape index (κ2) is 7.49. The fraction of sp³-hybridized carbons (Fsp3) is 0.400. The van der Waals surface area contributed by atoms with Crippen LogP contribution in [0.2, 0.25) is 5.02 Å². The lowest BCUT2D eigenvalue weighted by Gasteiger charge is -2.32. The first-order valence-electron chi connectivity index (χ1n) is 9.52. The van der Waals surface area contributed by atoms with E-state index in [1.807, 2.05) is 27.7 Å². The van der Waals surface area contributed by atoms with Crippen molar-refractivity contribution in [3.8, 4) is 5.75 Å². The van der Waals surface area contributed by atoms with Crippen LogP contribution < -0.4 is 10.2 Å². The lowest BCUT2D eigenvalue weighted by molar-refractivity contribution is 0.00578. The molecule has 30 heavy (non-hydrogen) atoms. The Hall–Kier alpha value is -2.20. The zero-order valence-corrected chi connectivity index (χ0v) is 17.9. The first-order valence-corrected chi connectivity index (χ1v) is 9.90. The van der Waals surface area contributed by atoms with Gasteiger partial charge in [-0.25, -0.2) is 8.91 Å². The van der Waals surface area contributed by atoms with Crippen LogP contribution in [0.1, 0.15) is 39.5 Å². The van der Waals surface area contributed by atoms with E-state index in [0.29, 0.717) is 27.4 Å². The fourth-order valence-corrected chi connectivity index (χ4v) is 3.35. The Labute approximate surface area is 178 Å². The van der Waals surface area contributed by atoms with Crippen molar-refractivity contribution in [1.82, 2.24) is 14.6 Å². The van der Waals surface area contributed by atoms with Crippen LogP contribution in [-0.2, 0) is 9.31 Å². The second-order valence-corrected chi connectivity index (χ2v) is 8.65. The van der Waals surface area contributed by atoms with Gasteiger partial charge in [-0.1, -0.05) is 11.6 Å². The van der Waals surface area contributed by atoms with Crippen molar-refractivity contribution in [2.45, 2.75) is 45.0 Å². The molecule has 3 aromatic heterocycles. The number of nitrogens with zero attached hydrogens (tertiary/aromatic N) is 3. The summed E-state index contributed by atoms with van der Waals surface area (Å²) in [6.45, 7) is 7.78. The minimum absolute atomic E-state index is 0.109. The van der Waals surface area contributed by atoms with Crippen molar-refractivity contribution >= 4 is 29.7 Å². The van der Waals surface area contributed by atoms with E-state index < -0.39 is 30.2 Å². The van der Waals surface area contributed by atoms with E-state index in [2.05, 4.69) is 10.1 Å². The standard InChI is InChI=1S/C20H22BClFN3O4/c1-19(2)20(3,4)30-21(29-19)12-7-17(18-14(22)9-25-26(18)10-12)28-11-16(27)15-6-5-13(23)8-24-15/h5-10,16,27H,11H2,1-4H3. The molecule has 7 nitrogen and oxygen atoms in total. The number of pyridine rings is 2. The summed E-state index contributed by atoms with van der Waals surface area (Å²) in [6, 6.07) is 4.40. The molecule has 0 spiro atoms. The number of hydrogen-bond donors (Lipinski definition) is 1. The minimum atomic E-state index is -1.05. The summed E-state index contributed by atoms with van der Waals surface area (Å²) in [6.07, 6.45) is 3.28. The fourth-order valence-electron chi connectivity index (χ4n) is 3.12. The first kappa shape index (κ1) is 21.1. The van der Waals surface area contributed by atoms with Crippen LogP contribution in [0.5, 0.6) is 5.75 Å². The van der Waals surface area contributed by atoms with Crippen molar-refractivity contribution in [2.24, 2.45) is 0 Å². The largest absolute Gasteiger partial charge is 0.496 e. The molecule has 4 heterocycles. The van der Waals surface area contributed by atoms with Gasteiger partial charge in [-0.3, -0.25) is 4.98 Å². The Balaban J connectivity index is 1.62. The van der Waals surface area contributed by atoms with Gasteiger partial charge < -0.3 is 19.2 Å². The molecular formula is C20H22BClFN3O4. The molecule has 1 saturated heterocycles. The van der Waals surface area contributed by atoms with Gasteiger partial charge in [0.1, 0.15) is 29.8 Å². The molecule has 0 aromatic carbocycles. The van der Waals surface area contributed by atoms with E-state index in [9.17, 15) is 9.50 Å². The van der Waals surface area contributed by atoms with Crippen LogP contribution in [0.15, 0.2) is 36.8 Å². The highest BCUT2D eigenvalue weighted by atomic mass is 35.5. The molecule has 1 atom stereocenters. The number of halogens is 2. The van der Waals surface area contributed by atoms with Crippen LogP contribution in [0.25, 0.3) is 5.52 Å². The number of aromatic nitrogens is 3. The quantitative estimate of drug-likeness (QED) is 0.623. The van der Waals surface area contributed by atoms with E-state index in [-0.39, 0.29) is 6.61 Å². The molecule has 1 N–H and O–H groups in total. The summed E-state index contributed by atoms with van der Waals surface area (Å²) in [4.78, 5) is 3.88. The maximum atomic E-state index is 13.1. The molecule has 0 radical (unpaired) electrons. The lowest BCUT2D eigenvalue weighted by atomic mass is 9.80. The van der Waals surface area contributed by atoms with Crippen LogP contribution in [0.3, 0.4) is 0 Å². The average molecular weight is 434 g/mol. The lowest BCUT2D eigenvalue weighted by Crippen LogP contribution is -2.41. The Morgan fingerprint density at radius 1 is 1.23 bits per heavy atom. The molecule has 1 unspecified atom stereocenters. The van der Waals surface area contributed by atoms with Crippen molar-refractivity contribution in [3.05, 3.63) is 53.3 Å². The van der Waals surface area contributed by atoms with Gasteiger partial charge in [0, 0.05) is 11.7 Å². The molecule has 0 bridgehead atoms. The smallest absolute Gasteiger partial charge is 0.488 e. The van der Waals surface area contributed by atoms with E-state index in [0.717, 1.165) is 6.20 Å². The molecular weight excluding hydrogens is 412 g/mol. The van der Waals surface area contributed by atoms with Crippen molar-refractivity contribution in [3.63, 3.8) is 0 Å². The number of aliphatic hydroxyl groups excluding tert-OH is 1. The van der Waals surface area contributed by atoms with Gasteiger partial charge in [-0.15, -0.1) is 0 Å². The predicted octanol–water partition coefficient (Wildman–Crippen LogP) is 2.93. The zero-order valence-electron chi connectivity index (χ0n) is 17.1. The van der Waals surface area contributed by atoms with Gasteiger partial charge in [0.25, 0.3) is 0 Å². The topological polar surface area (TPSA) is 78.1 Å². The Kier molecular flexibility index (Phi) is 5.26. The van der Waals surface area contributed by atoms with Gasteiger partial charge in [0.15, 0.2) is 0 Å². The molecule has 158 valence electrons. The zero-order chi connectivity index (χ0) is 21.7. The summed E-state index contributed by atoms with van der Waals surface area (Å²) in [5, 5.41) is 15.0. The molecule has 1 aliphatic heterocycles. The highest BCUT2D eigenvalue weighted by molar-refractivity contribution is 6.62. The maximum absolute atomic E-state index is 13.1. The highest BCUT2D eigenvalue weighted by Crippen LogP contribution is 2.37. The Morgan fingerprint density at radius 3 is 2.57 bits per heavy atom. The third-order valence-corrected chi connectivity index (χ3v) is 5.84. The molecule has 0 amide bonds. The summed E-state index contributed by atoms with van der Waals surface area (Å²) in [5.41, 5.74) is 0.551. The number of aliphatic hydroxyl groups is 1.